The van der Waals surface area contributed by atoms with Crippen LogP contribution >= 0.6 is 0 Å². The maximum Gasteiger partial charge on any atom is 0.497 e. The summed E-state index contributed by atoms with van der Waals surface area (Å²) in [6.45, 7) is 10.8. The summed E-state index contributed by atoms with van der Waals surface area (Å²) in [5, 5.41) is 18.1. The zero-order chi connectivity index (χ0) is 22.4. The van der Waals surface area contributed by atoms with Crippen LogP contribution in [0.2, 0.25) is 0 Å². The largest absolute Gasteiger partial charge is 0.497 e. The minimum Gasteiger partial charge on any atom is -0.399 e. The van der Waals surface area contributed by atoms with Crippen molar-refractivity contribution in [2.45, 2.75) is 89.6 Å². The molecule has 1 saturated heterocycles. The minimum absolute atomic E-state index is 0.0915. The topological polar surface area (TPSA) is 90.1 Å². The monoisotopic (exact) mass is 430 g/mol. The lowest BCUT2D eigenvalue weighted by Crippen LogP contribution is -2.41. The van der Waals surface area contributed by atoms with Gasteiger partial charge in [-0.25, -0.2) is 9.50 Å². The first kappa shape index (κ1) is 22.5. The molecule has 0 radical (unpaired) electrons. The molecule has 9 heteroatoms. The van der Waals surface area contributed by atoms with Crippen molar-refractivity contribution >= 4 is 24.0 Å². The smallest absolute Gasteiger partial charge is 0.399 e. The molecule has 170 valence electrons. The van der Waals surface area contributed by atoms with Crippen molar-refractivity contribution in [3.63, 3.8) is 0 Å². The van der Waals surface area contributed by atoms with E-state index in [0.29, 0.717) is 18.5 Å². The molecule has 0 unspecified atom stereocenters. The number of aliphatic hydroxyl groups excluding tert-OH is 1. The average molecular weight is 430 g/mol. The van der Waals surface area contributed by atoms with Gasteiger partial charge >= 0.3 is 7.12 Å². The zero-order valence-corrected chi connectivity index (χ0v) is 19.5. The number of aliphatic hydroxyl groups is 1. The molecule has 3 heterocycles. The van der Waals surface area contributed by atoms with Crippen LogP contribution < -0.4 is 10.8 Å². The van der Waals surface area contributed by atoms with E-state index in [-0.39, 0.29) is 12.1 Å². The highest BCUT2D eigenvalue weighted by Gasteiger charge is 2.52. The van der Waals surface area contributed by atoms with E-state index in [1.165, 1.54) is 0 Å². The molecule has 1 saturated carbocycles. The molecule has 2 N–H and O–H groups in total. The van der Waals surface area contributed by atoms with Crippen molar-refractivity contribution in [3.8, 4) is 0 Å². The van der Waals surface area contributed by atoms with Gasteiger partial charge in [-0.3, -0.25) is 0 Å². The molecule has 2 aromatic rings. The summed E-state index contributed by atoms with van der Waals surface area (Å²) in [5.74, 6) is 0.886. The maximum atomic E-state index is 9.98. The summed E-state index contributed by atoms with van der Waals surface area (Å²) < 4.78 is 19.9. The number of rotatable bonds is 6. The molecule has 2 fully saturated rings. The van der Waals surface area contributed by atoms with E-state index in [1.807, 2.05) is 17.6 Å². The van der Waals surface area contributed by atoms with Crippen molar-refractivity contribution in [1.29, 1.82) is 0 Å². The van der Waals surface area contributed by atoms with E-state index in [1.54, 1.807) is 7.11 Å². The van der Waals surface area contributed by atoms with E-state index in [0.717, 1.165) is 42.4 Å². The van der Waals surface area contributed by atoms with Crippen LogP contribution in [-0.2, 0) is 14.0 Å². The first-order valence-electron chi connectivity index (χ1n) is 11.3. The first-order valence-corrected chi connectivity index (χ1v) is 11.3. The van der Waals surface area contributed by atoms with Crippen molar-refractivity contribution < 1.29 is 19.2 Å². The van der Waals surface area contributed by atoms with Crippen LogP contribution in [0.5, 0.6) is 0 Å². The van der Waals surface area contributed by atoms with Gasteiger partial charge in [0.2, 0.25) is 5.95 Å². The third kappa shape index (κ3) is 4.33. The first-order chi connectivity index (χ1) is 14.6. The van der Waals surface area contributed by atoms with Crippen LogP contribution in [0.4, 0.5) is 5.95 Å². The van der Waals surface area contributed by atoms with Gasteiger partial charge in [-0.1, -0.05) is 0 Å². The molecule has 0 aromatic carbocycles. The average Bonchev–Trinajstić information content (AvgIpc) is 3.16. The molecule has 2 aliphatic rings. The van der Waals surface area contributed by atoms with Crippen LogP contribution in [0.3, 0.4) is 0 Å². The molecule has 4 rings (SSSR count). The lowest BCUT2D eigenvalue weighted by molar-refractivity contribution is 0.00578. The van der Waals surface area contributed by atoms with Gasteiger partial charge in [0.25, 0.3) is 0 Å². The van der Waals surface area contributed by atoms with Gasteiger partial charge in [-0.2, -0.15) is 0 Å². The van der Waals surface area contributed by atoms with E-state index >= 15 is 0 Å². The Labute approximate surface area is 184 Å². The van der Waals surface area contributed by atoms with E-state index in [2.05, 4.69) is 44.1 Å². The van der Waals surface area contributed by atoms with Crippen LogP contribution in [0, 0.1) is 0 Å². The van der Waals surface area contributed by atoms with Gasteiger partial charge in [-0.05, 0) is 66.4 Å². The van der Waals surface area contributed by atoms with Crippen molar-refractivity contribution in [3.05, 3.63) is 18.0 Å². The van der Waals surface area contributed by atoms with Crippen molar-refractivity contribution in [2.24, 2.45) is 0 Å². The third-order valence-corrected chi connectivity index (χ3v) is 6.99. The fourth-order valence-electron chi connectivity index (χ4n) is 4.44. The van der Waals surface area contributed by atoms with Gasteiger partial charge in [-0.15, -0.1) is 5.10 Å². The summed E-state index contributed by atoms with van der Waals surface area (Å²) in [6.07, 6.45) is 5.13. The maximum absolute atomic E-state index is 9.98. The van der Waals surface area contributed by atoms with E-state index < -0.39 is 18.3 Å². The van der Waals surface area contributed by atoms with Crippen molar-refractivity contribution in [2.75, 3.05) is 19.0 Å². The highest BCUT2D eigenvalue weighted by molar-refractivity contribution is 6.64. The lowest BCUT2D eigenvalue weighted by atomic mass is 9.78. The summed E-state index contributed by atoms with van der Waals surface area (Å²) in [4.78, 5) is 4.55. The number of ether oxygens (including phenoxy) is 1. The third-order valence-electron chi connectivity index (χ3n) is 6.99. The van der Waals surface area contributed by atoms with Crippen molar-refractivity contribution in [1.82, 2.24) is 14.6 Å². The van der Waals surface area contributed by atoms with Crippen LogP contribution in [0.15, 0.2) is 12.3 Å². The quantitative estimate of drug-likeness (QED) is 0.681. The lowest BCUT2D eigenvalue weighted by Gasteiger charge is -2.32. The highest BCUT2D eigenvalue weighted by Crippen LogP contribution is 2.38. The Balaban J connectivity index is 1.73. The fourth-order valence-corrected chi connectivity index (χ4v) is 4.44. The van der Waals surface area contributed by atoms with Crippen LogP contribution in [0.25, 0.3) is 5.52 Å². The number of aromatic nitrogens is 3. The minimum atomic E-state index is -0.474. The van der Waals surface area contributed by atoms with Gasteiger partial charge in [0.15, 0.2) is 0 Å². The summed E-state index contributed by atoms with van der Waals surface area (Å²) in [5.41, 5.74) is 2.13. The Morgan fingerprint density at radius 1 is 1.23 bits per heavy atom. The molecule has 31 heavy (non-hydrogen) atoms. The number of nitrogens with zero attached hydrogens (tertiary/aromatic N) is 3. The van der Waals surface area contributed by atoms with Crippen LogP contribution in [-0.4, -0.2) is 63.9 Å². The second-order valence-electron chi connectivity index (χ2n) is 10.00. The molecule has 2 aromatic heterocycles. The normalized spacial score (nSPS) is 26.4. The molecule has 0 amide bonds. The zero-order valence-electron chi connectivity index (χ0n) is 19.5. The SMILES string of the molecule is COC[C@H](C)Nc1ncc2c(B3OC(C)(C)C(C)(C)O3)cc([C@H]3CC[C@H](O)CC3)n2n1. The molecule has 0 bridgehead atoms. The molecular weight excluding hydrogens is 395 g/mol. The van der Waals surface area contributed by atoms with Crippen LogP contribution in [0.1, 0.15) is 71.9 Å². The van der Waals surface area contributed by atoms with Gasteiger partial charge in [0.1, 0.15) is 0 Å². The predicted octanol–water partition coefficient (Wildman–Crippen LogP) is 2.49. The van der Waals surface area contributed by atoms with Gasteiger partial charge < -0.3 is 24.5 Å². The second-order valence-corrected chi connectivity index (χ2v) is 10.00. The molecule has 1 aliphatic heterocycles. The highest BCUT2D eigenvalue weighted by atomic mass is 16.7. The Kier molecular flexibility index (Phi) is 6.07. The molecule has 1 aliphatic carbocycles. The molecule has 8 nitrogen and oxygen atoms in total. The number of anilines is 1. The number of methoxy groups -OCH3 is 1. The van der Waals surface area contributed by atoms with Gasteiger partial charge in [0, 0.05) is 30.2 Å². The summed E-state index contributed by atoms with van der Waals surface area (Å²) in [7, 11) is 1.21. The molecule has 0 spiro atoms. The summed E-state index contributed by atoms with van der Waals surface area (Å²) in [6, 6.07) is 2.26. The molecular formula is C22H35BN4O4. The van der Waals surface area contributed by atoms with E-state index in [4.69, 9.17) is 19.1 Å². The second kappa shape index (κ2) is 8.35. The summed E-state index contributed by atoms with van der Waals surface area (Å²) >= 11 is 0. The number of hydrogen-bond acceptors (Lipinski definition) is 7. The Morgan fingerprint density at radius 3 is 2.48 bits per heavy atom. The van der Waals surface area contributed by atoms with Gasteiger partial charge in [0.05, 0.1) is 35.6 Å². The Bertz CT molecular complexity index is 908. The van der Waals surface area contributed by atoms with E-state index in [9.17, 15) is 5.11 Å². The Morgan fingerprint density at radius 2 is 1.87 bits per heavy atom. The molecule has 1 atom stereocenters. The number of hydrogen-bond donors (Lipinski definition) is 2. The number of fused-ring (bicyclic) bond motifs is 1. The fraction of sp³-hybridized carbons (Fsp3) is 0.727. The number of nitrogens with one attached hydrogen (secondary N) is 1. The Hall–Kier alpha value is -1.68. The standard InChI is InChI=1S/C22H35BN4O4/c1-14(13-29-6)25-20-24-12-19-17(23-30-21(2,3)22(4,5)31-23)11-18(27(19)26-20)15-7-9-16(28)10-8-15/h11-12,14-16,28H,7-10,13H2,1-6H3,(H,25,26)/t14-,15-,16-/m0/s1. The predicted molar refractivity (Wildman–Crippen MR) is 121 cm³/mol.